The van der Waals surface area contributed by atoms with Crippen LogP contribution in [0.25, 0.3) is 22.4 Å². The maximum atomic E-state index is 12.5. The smallest absolute Gasteiger partial charge is 0.257 e. The number of fused-ring (bicyclic) bond motifs is 1. The number of rotatable bonds is 5. The number of benzene rings is 2. The maximum Gasteiger partial charge on any atom is 0.257 e. The first-order valence-corrected chi connectivity index (χ1v) is 9.94. The van der Waals surface area contributed by atoms with Gasteiger partial charge in [0.1, 0.15) is 34.9 Å². The van der Waals surface area contributed by atoms with Crippen LogP contribution in [0.2, 0.25) is 0 Å². The molecule has 0 fully saturated rings. The fourth-order valence-electron chi connectivity index (χ4n) is 2.84. The second kappa shape index (κ2) is 8.57. The molecule has 8 nitrogen and oxygen atoms in total. The molecular formula is C20H16N4O4S2. The Morgan fingerprint density at radius 3 is 2.77 bits per heavy atom. The Kier molecular flexibility index (Phi) is 5.70. The average Bonchev–Trinajstić information content (AvgIpc) is 3.42. The van der Waals surface area contributed by atoms with Crippen molar-refractivity contribution >= 4 is 51.7 Å². The second-order valence-electron chi connectivity index (χ2n) is 6.22. The van der Waals surface area contributed by atoms with Crippen LogP contribution in [-0.2, 0) is 6.61 Å². The third-order valence-electron chi connectivity index (χ3n) is 4.29. The average molecular weight is 441 g/mol. The van der Waals surface area contributed by atoms with Crippen LogP contribution in [0.15, 0.2) is 52.9 Å². The minimum atomic E-state index is -0.349. The Hall–Kier alpha value is -3.34. The van der Waals surface area contributed by atoms with Crippen LogP contribution in [-0.4, -0.2) is 32.0 Å². The van der Waals surface area contributed by atoms with Crippen LogP contribution >= 0.6 is 23.9 Å². The van der Waals surface area contributed by atoms with Gasteiger partial charge in [0.15, 0.2) is 5.11 Å². The molecule has 4 aromatic rings. The van der Waals surface area contributed by atoms with Crippen LogP contribution < -0.4 is 15.4 Å². The monoisotopic (exact) mass is 440 g/mol. The molecule has 0 unspecified atom stereocenters. The van der Waals surface area contributed by atoms with Gasteiger partial charge in [0.05, 0.1) is 24.4 Å². The summed E-state index contributed by atoms with van der Waals surface area (Å²) in [6.07, 6.45) is 0. The molecule has 0 radical (unpaired) electrons. The van der Waals surface area contributed by atoms with Gasteiger partial charge in [0, 0.05) is 17.3 Å². The van der Waals surface area contributed by atoms with Gasteiger partial charge in [-0.05, 0) is 54.7 Å². The van der Waals surface area contributed by atoms with Gasteiger partial charge in [-0.2, -0.15) is 8.75 Å². The van der Waals surface area contributed by atoms with Crippen LogP contribution in [0.1, 0.15) is 16.1 Å². The van der Waals surface area contributed by atoms with Gasteiger partial charge >= 0.3 is 0 Å². The summed E-state index contributed by atoms with van der Waals surface area (Å²) in [5, 5.41) is 14.9. The van der Waals surface area contributed by atoms with Gasteiger partial charge in [-0.1, -0.05) is 0 Å². The van der Waals surface area contributed by atoms with Gasteiger partial charge in [-0.3, -0.25) is 10.1 Å². The molecule has 30 heavy (non-hydrogen) atoms. The van der Waals surface area contributed by atoms with E-state index in [1.807, 2.05) is 0 Å². The van der Waals surface area contributed by atoms with E-state index in [1.54, 1.807) is 55.6 Å². The number of hydrogen-bond donors (Lipinski definition) is 3. The van der Waals surface area contributed by atoms with E-state index in [1.165, 1.54) is 0 Å². The summed E-state index contributed by atoms with van der Waals surface area (Å²) in [6.45, 7) is -0.179. The zero-order chi connectivity index (χ0) is 21.1. The van der Waals surface area contributed by atoms with Crippen molar-refractivity contribution in [3.63, 3.8) is 0 Å². The molecule has 2 aromatic heterocycles. The summed E-state index contributed by atoms with van der Waals surface area (Å²) in [6, 6.07) is 13.9. The number of nitrogens with one attached hydrogen (secondary N) is 2. The van der Waals surface area contributed by atoms with E-state index in [-0.39, 0.29) is 17.6 Å². The third kappa shape index (κ3) is 4.15. The van der Waals surface area contributed by atoms with E-state index >= 15 is 0 Å². The first kappa shape index (κ1) is 20.0. The predicted molar refractivity (Wildman–Crippen MR) is 118 cm³/mol. The van der Waals surface area contributed by atoms with Crippen LogP contribution in [0.4, 0.5) is 5.69 Å². The van der Waals surface area contributed by atoms with Crippen LogP contribution in [0, 0.1) is 0 Å². The highest BCUT2D eigenvalue weighted by Gasteiger charge is 2.13. The Labute approximate surface area is 180 Å². The number of amides is 1. The number of anilines is 1. The minimum Gasteiger partial charge on any atom is -0.496 e. The highest BCUT2D eigenvalue weighted by atomic mass is 32.1. The van der Waals surface area contributed by atoms with Crippen molar-refractivity contribution < 1.29 is 19.1 Å². The summed E-state index contributed by atoms with van der Waals surface area (Å²) in [4.78, 5) is 12.5. The van der Waals surface area contributed by atoms with E-state index < -0.39 is 0 Å². The normalized spacial score (nSPS) is 10.7. The molecule has 0 aliphatic heterocycles. The second-order valence-corrected chi connectivity index (χ2v) is 7.15. The molecule has 2 aromatic carbocycles. The van der Waals surface area contributed by atoms with Gasteiger partial charge in [-0.25, -0.2) is 0 Å². The quantitative estimate of drug-likeness (QED) is 0.404. The molecule has 10 heteroatoms. The molecule has 152 valence electrons. The lowest BCUT2D eigenvalue weighted by atomic mass is 10.1. The Morgan fingerprint density at radius 1 is 1.17 bits per heavy atom. The summed E-state index contributed by atoms with van der Waals surface area (Å²) in [5.74, 6) is 1.24. The van der Waals surface area contributed by atoms with Crippen molar-refractivity contribution in [2.24, 2.45) is 0 Å². The minimum absolute atomic E-state index is 0.145. The molecule has 0 atom stereocenters. The summed E-state index contributed by atoms with van der Waals surface area (Å²) < 4.78 is 19.3. The Bertz CT molecular complexity index is 1230. The molecule has 0 aliphatic carbocycles. The van der Waals surface area contributed by atoms with E-state index in [9.17, 15) is 9.90 Å². The number of aromatic nitrogens is 2. The van der Waals surface area contributed by atoms with Crippen molar-refractivity contribution in [3.8, 4) is 17.1 Å². The fraction of sp³-hybridized carbons (Fsp3) is 0.100. The summed E-state index contributed by atoms with van der Waals surface area (Å²) >= 11 is 6.35. The van der Waals surface area contributed by atoms with E-state index in [2.05, 4.69) is 19.4 Å². The Balaban J connectivity index is 1.46. The molecule has 0 saturated heterocycles. The zero-order valence-electron chi connectivity index (χ0n) is 15.7. The highest BCUT2D eigenvalue weighted by Crippen LogP contribution is 2.33. The van der Waals surface area contributed by atoms with E-state index in [0.717, 1.165) is 22.8 Å². The number of hydrogen-bond acceptors (Lipinski definition) is 8. The van der Waals surface area contributed by atoms with Crippen LogP contribution in [0.3, 0.4) is 0 Å². The number of nitrogens with zero attached hydrogens (tertiary/aromatic N) is 2. The van der Waals surface area contributed by atoms with E-state index in [4.69, 9.17) is 21.4 Å². The summed E-state index contributed by atoms with van der Waals surface area (Å²) in [7, 11) is 1.54. The number of aliphatic hydroxyl groups excluding tert-OH is 1. The standard InChI is InChI=1S/C20H16N4O4S2/c1-27-18-9-12(3-5-14(18)17-7-4-13(10-25)28-17)21-20(29)22-19(26)11-2-6-15-16(8-11)24-30-23-15/h2-9,25H,10H2,1H3,(H2,21,22,26,29). The molecular weight excluding hydrogens is 424 g/mol. The maximum absolute atomic E-state index is 12.5. The number of thiocarbonyl (C=S) groups is 1. The number of aliphatic hydroxyl groups is 1. The van der Waals surface area contributed by atoms with Crippen molar-refractivity contribution in [2.75, 3.05) is 12.4 Å². The van der Waals surface area contributed by atoms with Crippen LogP contribution in [0.5, 0.6) is 5.75 Å². The van der Waals surface area contributed by atoms with Crippen molar-refractivity contribution in [2.45, 2.75) is 6.61 Å². The topological polar surface area (TPSA) is 110 Å². The number of carbonyl (C=O) groups excluding carboxylic acids is 1. The third-order valence-corrected chi connectivity index (χ3v) is 5.05. The van der Waals surface area contributed by atoms with Crippen molar-refractivity contribution in [1.82, 2.24) is 14.1 Å². The number of furan rings is 1. The van der Waals surface area contributed by atoms with Crippen molar-refractivity contribution in [3.05, 3.63) is 59.9 Å². The molecule has 0 spiro atoms. The molecule has 4 rings (SSSR count). The largest absolute Gasteiger partial charge is 0.496 e. The number of methoxy groups -OCH3 is 1. The lowest BCUT2D eigenvalue weighted by Crippen LogP contribution is -2.34. The van der Waals surface area contributed by atoms with Gasteiger partial charge in [0.25, 0.3) is 5.91 Å². The van der Waals surface area contributed by atoms with Gasteiger partial charge < -0.3 is 19.6 Å². The number of ether oxygens (including phenoxy) is 1. The lowest BCUT2D eigenvalue weighted by molar-refractivity contribution is 0.0978. The molecule has 2 heterocycles. The predicted octanol–water partition coefficient (Wildman–Crippen LogP) is 3.58. The first-order valence-electron chi connectivity index (χ1n) is 8.80. The van der Waals surface area contributed by atoms with Gasteiger partial charge in [0.2, 0.25) is 0 Å². The summed E-state index contributed by atoms with van der Waals surface area (Å²) in [5.41, 5.74) is 3.20. The molecule has 0 bridgehead atoms. The Morgan fingerprint density at radius 2 is 2.00 bits per heavy atom. The number of carbonyl (C=O) groups is 1. The fourth-order valence-corrected chi connectivity index (χ4v) is 3.57. The molecule has 0 aliphatic rings. The molecule has 3 N–H and O–H groups in total. The lowest BCUT2D eigenvalue weighted by Gasteiger charge is -2.12. The zero-order valence-corrected chi connectivity index (χ0v) is 17.3. The SMILES string of the molecule is COc1cc(NC(=S)NC(=O)c2ccc3nsnc3c2)ccc1-c1ccc(CO)o1. The molecule has 1 amide bonds. The first-order chi connectivity index (χ1) is 14.6. The molecule has 0 saturated carbocycles. The van der Waals surface area contributed by atoms with Crippen molar-refractivity contribution in [1.29, 1.82) is 0 Å². The van der Waals surface area contributed by atoms with Gasteiger partial charge in [-0.15, -0.1) is 0 Å². The van der Waals surface area contributed by atoms with E-state index in [0.29, 0.717) is 34.0 Å². The highest BCUT2D eigenvalue weighted by molar-refractivity contribution is 7.80.